The Morgan fingerprint density at radius 1 is 1.13 bits per heavy atom. The smallest absolute Gasteiger partial charge is 0.264 e. The number of nitrogens with zero attached hydrogens (tertiary/aromatic N) is 4. The van der Waals surface area contributed by atoms with Crippen molar-refractivity contribution < 1.29 is 13.2 Å². The van der Waals surface area contributed by atoms with Gasteiger partial charge in [0.15, 0.2) is 9.84 Å². The fourth-order valence-electron chi connectivity index (χ4n) is 5.15. The van der Waals surface area contributed by atoms with Gasteiger partial charge in [-0.05, 0) is 31.7 Å². The number of rotatable bonds is 4. The molecule has 3 fully saturated rings. The number of piperazine rings is 1. The maximum atomic E-state index is 13.3. The molecule has 31 heavy (non-hydrogen) atoms. The van der Waals surface area contributed by atoms with Crippen molar-refractivity contribution in [2.45, 2.75) is 51.1 Å². The Morgan fingerprint density at radius 2 is 1.87 bits per heavy atom. The standard InChI is InChI=1S/C21H29N5O3S2/c1-14-17-19(24-15-4-2-3-5-15)22-13-23-20(17)30-18(14)21(27)26-9-7-25(8-10-26)16-6-11-31(28,29)12-16/h13,15-16H,2-12H2,1H3,(H,22,23,24)/t16-/m0/s1. The maximum absolute atomic E-state index is 13.3. The molecule has 5 rings (SSSR count). The molecule has 1 saturated carbocycles. The summed E-state index contributed by atoms with van der Waals surface area (Å²) < 4.78 is 23.6. The Kier molecular flexibility index (Phi) is 5.64. The number of fused-ring (bicyclic) bond motifs is 1. The second-order valence-electron chi connectivity index (χ2n) is 8.97. The first-order valence-corrected chi connectivity index (χ1v) is 13.8. The number of anilines is 1. The first-order chi connectivity index (χ1) is 14.9. The number of amides is 1. The van der Waals surface area contributed by atoms with Crippen LogP contribution in [0.25, 0.3) is 10.2 Å². The number of nitrogens with one attached hydrogen (secondary N) is 1. The number of carbonyl (C=O) groups excluding carboxylic acids is 1. The minimum Gasteiger partial charge on any atom is -0.367 e. The third-order valence-corrected chi connectivity index (χ3v) is 9.88. The lowest BCUT2D eigenvalue weighted by molar-refractivity contribution is 0.0592. The summed E-state index contributed by atoms with van der Waals surface area (Å²) in [6.45, 7) is 4.70. The molecule has 0 spiro atoms. The molecule has 2 aromatic heterocycles. The van der Waals surface area contributed by atoms with E-state index in [0.29, 0.717) is 25.6 Å². The molecule has 2 aromatic rings. The van der Waals surface area contributed by atoms with Crippen molar-refractivity contribution in [1.29, 1.82) is 0 Å². The van der Waals surface area contributed by atoms with Crippen LogP contribution in [0, 0.1) is 6.92 Å². The van der Waals surface area contributed by atoms with E-state index in [1.54, 1.807) is 6.33 Å². The summed E-state index contributed by atoms with van der Waals surface area (Å²) >= 11 is 1.45. The van der Waals surface area contributed by atoms with Crippen molar-refractivity contribution in [2.75, 3.05) is 43.0 Å². The van der Waals surface area contributed by atoms with Crippen LogP contribution in [0.3, 0.4) is 0 Å². The summed E-state index contributed by atoms with van der Waals surface area (Å²) in [4.78, 5) is 28.0. The number of sulfone groups is 1. The van der Waals surface area contributed by atoms with E-state index in [1.165, 1.54) is 24.2 Å². The normalized spacial score (nSPS) is 24.8. The van der Waals surface area contributed by atoms with Crippen LogP contribution in [0.2, 0.25) is 0 Å². The quantitative estimate of drug-likeness (QED) is 0.743. The van der Waals surface area contributed by atoms with Gasteiger partial charge in [0.2, 0.25) is 0 Å². The second-order valence-corrected chi connectivity index (χ2v) is 12.2. The topological polar surface area (TPSA) is 95.5 Å². The highest BCUT2D eigenvalue weighted by molar-refractivity contribution is 7.91. The van der Waals surface area contributed by atoms with Gasteiger partial charge >= 0.3 is 0 Å². The zero-order valence-corrected chi connectivity index (χ0v) is 19.5. The van der Waals surface area contributed by atoms with Crippen molar-refractivity contribution >= 4 is 43.1 Å². The Morgan fingerprint density at radius 3 is 2.55 bits per heavy atom. The van der Waals surface area contributed by atoms with Crippen LogP contribution in [-0.4, -0.2) is 83.9 Å². The van der Waals surface area contributed by atoms with Crippen molar-refractivity contribution in [3.05, 3.63) is 16.8 Å². The van der Waals surface area contributed by atoms with Crippen LogP contribution in [0.4, 0.5) is 5.82 Å². The Bertz CT molecular complexity index is 1090. The van der Waals surface area contributed by atoms with Gasteiger partial charge in [0.25, 0.3) is 5.91 Å². The molecule has 2 saturated heterocycles. The average Bonchev–Trinajstić information content (AvgIpc) is 3.48. The monoisotopic (exact) mass is 463 g/mol. The van der Waals surface area contributed by atoms with Gasteiger partial charge < -0.3 is 10.2 Å². The van der Waals surface area contributed by atoms with Crippen LogP contribution in [-0.2, 0) is 9.84 Å². The summed E-state index contributed by atoms with van der Waals surface area (Å²) in [5.41, 5.74) is 0.954. The highest BCUT2D eigenvalue weighted by Crippen LogP contribution is 2.35. The largest absolute Gasteiger partial charge is 0.367 e. The molecule has 1 N–H and O–H groups in total. The van der Waals surface area contributed by atoms with E-state index in [4.69, 9.17) is 0 Å². The number of thiophene rings is 1. The molecule has 8 nitrogen and oxygen atoms in total. The Balaban J connectivity index is 1.30. The maximum Gasteiger partial charge on any atom is 0.264 e. The lowest BCUT2D eigenvalue weighted by atomic mass is 10.1. The zero-order chi connectivity index (χ0) is 21.6. The van der Waals surface area contributed by atoms with Crippen LogP contribution < -0.4 is 5.32 Å². The molecule has 1 atom stereocenters. The minimum absolute atomic E-state index is 0.0472. The zero-order valence-electron chi connectivity index (χ0n) is 17.8. The molecule has 2 aliphatic heterocycles. The van der Waals surface area contributed by atoms with Gasteiger partial charge in [0.05, 0.1) is 21.8 Å². The molecular formula is C21H29N5O3S2. The first-order valence-electron chi connectivity index (χ1n) is 11.2. The van der Waals surface area contributed by atoms with Gasteiger partial charge in [-0.15, -0.1) is 11.3 Å². The first kappa shape index (κ1) is 21.1. The van der Waals surface area contributed by atoms with Crippen LogP contribution in [0.15, 0.2) is 6.33 Å². The SMILES string of the molecule is Cc1c(C(=O)N2CCN([C@H]3CCS(=O)(=O)C3)CC2)sc2ncnc(NC3CCCC3)c12. The van der Waals surface area contributed by atoms with Gasteiger partial charge in [-0.25, -0.2) is 18.4 Å². The van der Waals surface area contributed by atoms with E-state index < -0.39 is 9.84 Å². The van der Waals surface area contributed by atoms with Crippen molar-refractivity contribution in [3.8, 4) is 0 Å². The van der Waals surface area contributed by atoms with Crippen LogP contribution in [0.1, 0.15) is 47.3 Å². The second kappa shape index (κ2) is 8.29. The number of hydrogen-bond donors (Lipinski definition) is 1. The van der Waals surface area contributed by atoms with Gasteiger partial charge in [-0.1, -0.05) is 12.8 Å². The highest BCUT2D eigenvalue weighted by atomic mass is 32.2. The summed E-state index contributed by atoms with van der Waals surface area (Å²) in [6.07, 6.45) is 7.10. The lowest BCUT2D eigenvalue weighted by Gasteiger charge is -2.37. The number of hydrogen-bond acceptors (Lipinski definition) is 8. The van der Waals surface area contributed by atoms with Crippen molar-refractivity contribution in [1.82, 2.24) is 19.8 Å². The lowest BCUT2D eigenvalue weighted by Crippen LogP contribution is -2.52. The molecule has 1 amide bonds. The van der Waals surface area contributed by atoms with Gasteiger partial charge in [-0.2, -0.15) is 0 Å². The van der Waals surface area contributed by atoms with E-state index in [2.05, 4.69) is 20.2 Å². The molecule has 10 heteroatoms. The van der Waals surface area contributed by atoms with Gasteiger partial charge in [-0.3, -0.25) is 9.69 Å². The summed E-state index contributed by atoms with van der Waals surface area (Å²) in [5.74, 6) is 1.44. The molecule has 3 aliphatic rings. The minimum atomic E-state index is -2.89. The van der Waals surface area contributed by atoms with Crippen LogP contribution >= 0.6 is 11.3 Å². The molecule has 168 valence electrons. The summed E-state index contributed by atoms with van der Waals surface area (Å²) in [7, 11) is -2.89. The fraction of sp³-hybridized carbons (Fsp3) is 0.667. The third kappa shape index (κ3) is 4.17. The van der Waals surface area contributed by atoms with Crippen molar-refractivity contribution in [2.24, 2.45) is 0 Å². The fourth-order valence-corrected chi connectivity index (χ4v) is 8.02. The van der Waals surface area contributed by atoms with Crippen LogP contribution in [0.5, 0.6) is 0 Å². The molecule has 0 radical (unpaired) electrons. The average molecular weight is 464 g/mol. The van der Waals surface area contributed by atoms with Crippen molar-refractivity contribution in [3.63, 3.8) is 0 Å². The van der Waals surface area contributed by atoms with E-state index >= 15 is 0 Å². The predicted molar refractivity (Wildman–Crippen MR) is 123 cm³/mol. The van der Waals surface area contributed by atoms with E-state index in [0.717, 1.165) is 52.4 Å². The van der Waals surface area contributed by atoms with Gasteiger partial charge in [0, 0.05) is 38.3 Å². The molecule has 0 aromatic carbocycles. The Hall–Kier alpha value is -1.78. The summed E-state index contributed by atoms with van der Waals surface area (Å²) in [5, 5.41) is 4.54. The van der Waals surface area contributed by atoms with E-state index in [1.807, 2.05) is 11.8 Å². The summed E-state index contributed by atoms with van der Waals surface area (Å²) in [6, 6.07) is 0.553. The van der Waals surface area contributed by atoms with Gasteiger partial charge in [0.1, 0.15) is 17.0 Å². The van der Waals surface area contributed by atoms with E-state index in [9.17, 15) is 13.2 Å². The number of carbonyl (C=O) groups is 1. The molecular weight excluding hydrogens is 434 g/mol. The highest BCUT2D eigenvalue weighted by Gasteiger charge is 2.35. The molecule has 4 heterocycles. The molecule has 1 aliphatic carbocycles. The third-order valence-electron chi connectivity index (χ3n) is 6.94. The molecule has 0 bridgehead atoms. The molecule has 0 unspecified atom stereocenters. The number of aryl methyl sites for hydroxylation is 1. The van der Waals surface area contributed by atoms with E-state index in [-0.39, 0.29) is 23.5 Å². The number of aromatic nitrogens is 2. The predicted octanol–water partition coefficient (Wildman–Crippen LogP) is 2.30. The Labute approximate surface area is 187 Å².